The van der Waals surface area contributed by atoms with Gasteiger partial charge in [-0.1, -0.05) is 0 Å². The van der Waals surface area contributed by atoms with Crippen molar-refractivity contribution < 1.29 is 14.1 Å². The number of benzene rings is 1. The third kappa shape index (κ3) is 4.00. The zero-order chi connectivity index (χ0) is 12.0. The molecule has 0 spiro atoms. The average Bonchev–Trinajstić information content (AvgIpc) is 2.27. The Morgan fingerprint density at radius 1 is 1.38 bits per heavy atom. The zero-order valence-electron chi connectivity index (χ0n) is 8.90. The summed E-state index contributed by atoms with van der Waals surface area (Å²) in [6, 6.07) is 6.36. The van der Waals surface area contributed by atoms with Crippen molar-refractivity contribution in [2.45, 2.75) is 4.90 Å². The second-order valence-corrected chi connectivity index (χ2v) is 4.46. The highest BCUT2D eigenvalue weighted by molar-refractivity contribution is 7.84. The molecule has 0 radical (unpaired) electrons. The van der Waals surface area contributed by atoms with Crippen LogP contribution in [0.1, 0.15) is 0 Å². The Kier molecular flexibility index (Phi) is 4.94. The first-order chi connectivity index (χ1) is 7.63. The van der Waals surface area contributed by atoms with Crippen molar-refractivity contribution in [1.29, 1.82) is 0 Å². The lowest BCUT2D eigenvalue weighted by Gasteiger charge is -2.06. The SMILES string of the molecule is CS(=O)c1ccc(NC(=O)NCCO)cc1. The maximum absolute atomic E-state index is 11.2. The molecule has 2 amide bonds. The summed E-state index contributed by atoms with van der Waals surface area (Å²) in [5, 5.41) is 13.5. The molecule has 0 aliphatic rings. The van der Waals surface area contributed by atoms with Crippen LogP contribution in [-0.4, -0.2) is 34.8 Å². The predicted octanol–water partition coefficient (Wildman–Crippen LogP) is 0.538. The number of aliphatic hydroxyl groups is 1. The minimum Gasteiger partial charge on any atom is -0.395 e. The van der Waals surface area contributed by atoms with E-state index in [9.17, 15) is 9.00 Å². The second kappa shape index (κ2) is 6.24. The summed E-state index contributed by atoms with van der Waals surface area (Å²) in [7, 11) is -1.02. The van der Waals surface area contributed by atoms with Crippen LogP contribution in [0.2, 0.25) is 0 Å². The number of rotatable bonds is 4. The first-order valence-electron chi connectivity index (χ1n) is 4.72. The quantitative estimate of drug-likeness (QED) is 0.721. The predicted molar refractivity (Wildman–Crippen MR) is 62.9 cm³/mol. The number of carbonyl (C=O) groups excluding carboxylic acids is 1. The molecule has 0 bridgehead atoms. The fraction of sp³-hybridized carbons (Fsp3) is 0.300. The Labute approximate surface area is 96.3 Å². The summed E-state index contributed by atoms with van der Waals surface area (Å²) < 4.78 is 11.1. The first kappa shape index (κ1) is 12.7. The van der Waals surface area contributed by atoms with Gasteiger partial charge in [0, 0.05) is 34.2 Å². The minimum absolute atomic E-state index is 0.0961. The van der Waals surface area contributed by atoms with E-state index in [4.69, 9.17) is 5.11 Å². The Bertz CT molecular complexity index is 378. The van der Waals surface area contributed by atoms with Crippen LogP contribution in [-0.2, 0) is 10.8 Å². The van der Waals surface area contributed by atoms with E-state index in [-0.39, 0.29) is 19.2 Å². The number of hydrogen-bond acceptors (Lipinski definition) is 3. The molecule has 0 aromatic heterocycles. The maximum Gasteiger partial charge on any atom is 0.319 e. The van der Waals surface area contributed by atoms with Crippen molar-refractivity contribution in [2.75, 3.05) is 24.7 Å². The number of urea groups is 1. The van der Waals surface area contributed by atoms with E-state index in [2.05, 4.69) is 10.6 Å². The molecular weight excluding hydrogens is 228 g/mol. The number of nitrogens with one attached hydrogen (secondary N) is 2. The molecule has 5 nitrogen and oxygen atoms in total. The summed E-state index contributed by atoms with van der Waals surface area (Å²) in [4.78, 5) is 11.9. The second-order valence-electron chi connectivity index (χ2n) is 3.08. The van der Waals surface area contributed by atoms with Gasteiger partial charge in [-0.25, -0.2) is 4.79 Å². The third-order valence-electron chi connectivity index (χ3n) is 1.84. The summed E-state index contributed by atoms with van der Waals surface area (Å²) in [5.74, 6) is 0. The molecule has 16 heavy (non-hydrogen) atoms. The molecule has 1 unspecified atom stereocenters. The molecule has 0 heterocycles. The van der Waals surface area contributed by atoms with Gasteiger partial charge >= 0.3 is 6.03 Å². The average molecular weight is 242 g/mol. The Hall–Kier alpha value is -1.40. The molecule has 0 saturated carbocycles. The largest absolute Gasteiger partial charge is 0.395 e. The van der Waals surface area contributed by atoms with Crippen LogP contribution in [0.4, 0.5) is 10.5 Å². The number of amides is 2. The van der Waals surface area contributed by atoms with Gasteiger partial charge in [0.15, 0.2) is 0 Å². The number of carbonyl (C=O) groups is 1. The van der Waals surface area contributed by atoms with Gasteiger partial charge in [0.25, 0.3) is 0 Å². The molecule has 0 saturated heterocycles. The van der Waals surface area contributed by atoms with E-state index in [0.717, 1.165) is 0 Å². The van der Waals surface area contributed by atoms with Crippen LogP contribution in [0.3, 0.4) is 0 Å². The molecule has 0 aliphatic carbocycles. The van der Waals surface area contributed by atoms with Gasteiger partial charge < -0.3 is 15.7 Å². The molecule has 6 heteroatoms. The summed E-state index contributed by atoms with van der Waals surface area (Å²) in [5.41, 5.74) is 0.615. The van der Waals surface area contributed by atoms with Crippen LogP contribution in [0, 0.1) is 0 Å². The molecule has 1 atom stereocenters. The van der Waals surface area contributed by atoms with E-state index in [1.54, 1.807) is 30.5 Å². The highest BCUT2D eigenvalue weighted by Gasteiger charge is 2.01. The minimum atomic E-state index is -1.02. The summed E-state index contributed by atoms with van der Waals surface area (Å²) in [6.07, 6.45) is 1.59. The van der Waals surface area contributed by atoms with Gasteiger partial charge in [0.1, 0.15) is 0 Å². The molecule has 1 aromatic carbocycles. The van der Waals surface area contributed by atoms with Crippen molar-refractivity contribution >= 4 is 22.5 Å². The van der Waals surface area contributed by atoms with Crippen molar-refractivity contribution in [3.8, 4) is 0 Å². The van der Waals surface area contributed by atoms with Crippen LogP contribution in [0.25, 0.3) is 0 Å². The first-order valence-corrected chi connectivity index (χ1v) is 6.28. The van der Waals surface area contributed by atoms with E-state index in [1.165, 1.54) is 0 Å². The highest BCUT2D eigenvalue weighted by atomic mass is 32.2. The van der Waals surface area contributed by atoms with Gasteiger partial charge in [0.05, 0.1) is 6.61 Å². The molecule has 3 N–H and O–H groups in total. The van der Waals surface area contributed by atoms with Gasteiger partial charge in [-0.2, -0.15) is 0 Å². The Balaban J connectivity index is 2.55. The van der Waals surface area contributed by atoms with E-state index in [0.29, 0.717) is 10.6 Å². The van der Waals surface area contributed by atoms with E-state index < -0.39 is 10.8 Å². The van der Waals surface area contributed by atoms with Crippen LogP contribution < -0.4 is 10.6 Å². The Morgan fingerprint density at radius 3 is 2.50 bits per heavy atom. The fourth-order valence-electron chi connectivity index (χ4n) is 1.07. The molecule has 1 aromatic rings. The van der Waals surface area contributed by atoms with Crippen LogP contribution in [0.5, 0.6) is 0 Å². The highest BCUT2D eigenvalue weighted by Crippen LogP contribution is 2.11. The summed E-state index contributed by atoms with van der Waals surface area (Å²) >= 11 is 0. The third-order valence-corrected chi connectivity index (χ3v) is 2.78. The lowest BCUT2D eigenvalue weighted by atomic mass is 10.3. The van der Waals surface area contributed by atoms with Crippen molar-refractivity contribution in [3.63, 3.8) is 0 Å². The summed E-state index contributed by atoms with van der Waals surface area (Å²) in [6.45, 7) is 0.115. The number of aliphatic hydroxyl groups excluding tert-OH is 1. The standard InChI is InChI=1S/C10H14N2O3S/c1-16(15)9-4-2-8(3-5-9)12-10(14)11-6-7-13/h2-5,13H,6-7H2,1H3,(H2,11,12,14). The van der Waals surface area contributed by atoms with Crippen LogP contribution in [0.15, 0.2) is 29.2 Å². The molecule has 88 valence electrons. The van der Waals surface area contributed by atoms with Crippen LogP contribution >= 0.6 is 0 Å². The molecular formula is C10H14N2O3S. The number of anilines is 1. The zero-order valence-corrected chi connectivity index (χ0v) is 9.71. The molecule has 1 rings (SSSR count). The normalized spacial score (nSPS) is 11.9. The van der Waals surface area contributed by atoms with E-state index in [1.807, 2.05) is 0 Å². The number of hydrogen-bond donors (Lipinski definition) is 3. The van der Waals surface area contributed by atoms with E-state index >= 15 is 0 Å². The van der Waals surface area contributed by atoms with Gasteiger partial charge in [-0.05, 0) is 24.3 Å². The Morgan fingerprint density at radius 2 is 2.00 bits per heavy atom. The maximum atomic E-state index is 11.2. The van der Waals surface area contributed by atoms with Gasteiger partial charge in [-0.15, -0.1) is 0 Å². The van der Waals surface area contributed by atoms with Crippen molar-refractivity contribution in [1.82, 2.24) is 5.32 Å². The van der Waals surface area contributed by atoms with Gasteiger partial charge in [-0.3, -0.25) is 4.21 Å². The van der Waals surface area contributed by atoms with Gasteiger partial charge in [0.2, 0.25) is 0 Å². The molecule has 0 aliphatic heterocycles. The monoisotopic (exact) mass is 242 g/mol. The van der Waals surface area contributed by atoms with Crippen molar-refractivity contribution in [3.05, 3.63) is 24.3 Å². The van der Waals surface area contributed by atoms with Crippen molar-refractivity contribution in [2.24, 2.45) is 0 Å². The topological polar surface area (TPSA) is 78.4 Å². The molecule has 0 fully saturated rings. The lowest BCUT2D eigenvalue weighted by Crippen LogP contribution is -2.30. The smallest absolute Gasteiger partial charge is 0.319 e. The fourth-order valence-corrected chi connectivity index (χ4v) is 1.59. The lowest BCUT2D eigenvalue weighted by molar-refractivity contribution is 0.245.